The van der Waals surface area contributed by atoms with Crippen molar-refractivity contribution in [3.8, 4) is 0 Å². The third-order valence-corrected chi connectivity index (χ3v) is 6.00. The topological polar surface area (TPSA) is 100 Å². The lowest BCUT2D eigenvalue weighted by Crippen LogP contribution is -2.35. The molecule has 0 aromatic carbocycles. The maximum atomic E-state index is 11.7. The minimum atomic E-state index is -0.384. The molecule has 0 aliphatic carbocycles. The summed E-state index contributed by atoms with van der Waals surface area (Å²) in [5.74, 6) is 0.710. The first kappa shape index (κ1) is 20.5. The predicted molar refractivity (Wildman–Crippen MR) is 117 cm³/mol. The van der Waals surface area contributed by atoms with E-state index in [1.165, 1.54) is 0 Å². The summed E-state index contributed by atoms with van der Waals surface area (Å²) >= 11 is 0.883. The Hall–Kier alpha value is -2.78. The molecule has 9 heteroatoms. The van der Waals surface area contributed by atoms with Crippen molar-refractivity contribution in [2.24, 2.45) is 5.92 Å². The van der Waals surface area contributed by atoms with Gasteiger partial charge in [0.2, 0.25) is 5.95 Å². The molecule has 2 N–H and O–H groups in total. The normalized spacial score (nSPS) is 19.3. The van der Waals surface area contributed by atoms with Gasteiger partial charge >= 0.3 is 0 Å². The second kappa shape index (κ2) is 9.36. The first-order valence-electron chi connectivity index (χ1n) is 10.0. The van der Waals surface area contributed by atoms with Crippen LogP contribution in [-0.2, 0) is 11.3 Å². The van der Waals surface area contributed by atoms with E-state index < -0.39 is 0 Å². The van der Waals surface area contributed by atoms with Crippen molar-refractivity contribution in [2.75, 3.05) is 25.0 Å². The summed E-state index contributed by atoms with van der Waals surface area (Å²) in [4.78, 5) is 39.1. The van der Waals surface area contributed by atoms with Gasteiger partial charge in [-0.15, -0.1) is 0 Å². The Balaban J connectivity index is 1.26. The van der Waals surface area contributed by atoms with Crippen molar-refractivity contribution < 1.29 is 9.59 Å². The van der Waals surface area contributed by atoms with Gasteiger partial charge in [-0.3, -0.25) is 24.8 Å². The van der Waals surface area contributed by atoms with E-state index in [2.05, 4.69) is 42.6 Å². The van der Waals surface area contributed by atoms with Crippen LogP contribution in [0.15, 0.2) is 35.4 Å². The molecule has 30 heavy (non-hydrogen) atoms. The molecule has 0 saturated carbocycles. The zero-order valence-electron chi connectivity index (χ0n) is 16.8. The number of nitrogens with one attached hydrogen (secondary N) is 2. The van der Waals surface area contributed by atoms with Gasteiger partial charge in [0, 0.05) is 25.0 Å². The Labute approximate surface area is 179 Å². The van der Waals surface area contributed by atoms with Gasteiger partial charge in [-0.2, -0.15) is 0 Å². The lowest BCUT2D eigenvalue weighted by atomic mass is 9.96. The number of piperidine rings is 1. The molecule has 8 nitrogen and oxygen atoms in total. The first-order valence-corrected chi connectivity index (χ1v) is 10.8. The molecule has 4 heterocycles. The number of carbonyl (C=O) groups excluding carboxylic acids is 2. The number of pyridine rings is 1. The second-order valence-electron chi connectivity index (χ2n) is 7.53. The Morgan fingerprint density at radius 2 is 2.07 bits per heavy atom. The van der Waals surface area contributed by atoms with Crippen molar-refractivity contribution in [1.29, 1.82) is 0 Å². The van der Waals surface area contributed by atoms with Crippen LogP contribution < -0.4 is 10.6 Å². The van der Waals surface area contributed by atoms with Crippen LogP contribution in [0, 0.1) is 12.8 Å². The third-order valence-electron chi connectivity index (χ3n) is 5.19. The first-order chi connectivity index (χ1) is 14.5. The summed E-state index contributed by atoms with van der Waals surface area (Å²) in [6.45, 7) is 5.83. The highest BCUT2D eigenvalue weighted by Gasteiger charge is 2.25. The highest BCUT2D eigenvalue weighted by Crippen LogP contribution is 2.25. The molecule has 2 aliphatic rings. The van der Waals surface area contributed by atoms with Gasteiger partial charge in [0.25, 0.3) is 11.1 Å². The molecule has 2 aromatic heterocycles. The number of anilines is 1. The Morgan fingerprint density at radius 1 is 1.23 bits per heavy atom. The molecule has 0 radical (unpaired) electrons. The zero-order valence-corrected chi connectivity index (χ0v) is 17.6. The molecule has 2 aliphatic heterocycles. The average molecular weight is 425 g/mol. The van der Waals surface area contributed by atoms with Crippen molar-refractivity contribution in [2.45, 2.75) is 26.3 Å². The lowest BCUT2D eigenvalue weighted by Gasteiger charge is -2.31. The molecule has 2 aromatic rings. The molecule has 2 fully saturated rings. The molecule has 0 spiro atoms. The Kier molecular flexibility index (Phi) is 6.39. The number of aryl methyl sites for hydroxylation is 1. The molecule has 156 valence electrons. The summed E-state index contributed by atoms with van der Waals surface area (Å²) in [6.07, 6.45) is 5.48. The summed E-state index contributed by atoms with van der Waals surface area (Å²) < 4.78 is 0. The number of imide groups is 1. The van der Waals surface area contributed by atoms with Crippen LogP contribution >= 0.6 is 11.8 Å². The molecule has 2 amide bonds. The van der Waals surface area contributed by atoms with Crippen molar-refractivity contribution in [1.82, 2.24) is 25.2 Å². The van der Waals surface area contributed by atoms with Crippen molar-refractivity contribution in [3.05, 3.63) is 52.4 Å². The fourth-order valence-electron chi connectivity index (χ4n) is 3.59. The van der Waals surface area contributed by atoms with Crippen molar-refractivity contribution in [3.63, 3.8) is 0 Å². The second-order valence-corrected chi connectivity index (χ2v) is 8.54. The minimum Gasteiger partial charge on any atom is -0.354 e. The van der Waals surface area contributed by atoms with E-state index in [9.17, 15) is 9.59 Å². The van der Waals surface area contributed by atoms with E-state index in [1.807, 2.05) is 13.0 Å². The standard InChI is InChI=1S/C21H24N6O2S/c1-14-3-2-4-17(24-14)13-27-9-6-15(7-10-27)12-23-20-22-8-5-16(25-20)11-18-19(28)26-21(29)30-18/h2-5,8,11,15H,6-7,9-10,12-13H2,1H3,(H,22,23,25)(H,26,28,29). The highest BCUT2D eigenvalue weighted by atomic mass is 32.2. The summed E-state index contributed by atoms with van der Waals surface area (Å²) in [6, 6.07) is 7.89. The number of nitrogens with zero attached hydrogens (tertiary/aromatic N) is 4. The van der Waals surface area contributed by atoms with Gasteiger partial charge in [0.1, 0.15) is 0 Å². The number of thioether (sulfide) groups is 1. The van der Waals surface area contributed by atoms with Crippen LogP contribution in [0.3, 0.4) is 0 Å². The van der Waals surface area contributed by atoms with Gasteiger partial charge in [0.15, 0.2) is 0 Å². The maximum Gasteiger partial charge on any atom is 0.290 e. The van der Waals surface area contributed by atoms with Crippen LogP contribution in [0.4, 0.5) is 10.7 Å². The summed E-state index contributed by atoms with van der Waals surface area (Å²) in [5, 5.41) is 5.20. The highest BCUT2D eigenvalue weighted by molar-refractivity contribution is 8.18. The zero-order chi connectivity index (χ0) is 20.9. The summed E-state index contributed by atoms with van der Waals surface area (Å²) in [7, 11) is 0. The molecule has 0 unspecified atom stereocenters. The van der Waals surface area contributed by atoms with E-state index in [0.717, 1.165) is 62.2 Å². The number of likely N-dealkylation sites (tertiary alicyclic amines) is 1. The molecular weight excluding hydrogens is 400 g/mol. The Morgan fingerprint density at radius 3 is 2.80 bits per heavy atom. The number of amides is 2. The third kappa shape index (κ3) is 5.43. The fourth-order valence-corrected chi connectivity index (χ4v) is 4.26. The van der Waals surface area contributed by atoms with Crippen molar-refractivity contribution >= 4 is 34.9 Å². The van der Waals surface area contributed by atoms with Gasteiger partial charge in [-0.05, 0) is 74.8 Å². The number of hydrogen-bond donors (Lipinski definition) is 2. The average Bonchev–Trinajstić information content (AvgIpc) is 3.04. The van der Waals surface area contributed by atoms with Gasteiger partial charge in [-0.25, -0.2) is 9.97 Å². The molecule has 4 rings (SSSR count). The minimum absolute atomic E-state index is 0.347. The fraction of sp³-hybridized carbons (Fsp3) is 0.381. The Bertz CT molecular complexity index is 971. The van der Waals surface area contributed by atoms with E-state index in [-0.39, 0.29) is 11.1 Å². The predicted octanol–water partition coefficient (Wildman–Crippen LogP) is 2.83. The number of aromatic nitrogens is 3. The SMILES string of the molecule is Cc1cccc(CN2CCC(CNc3nccc(C=C4SC(=O)NC4=O)n3)CC2)n1. The quantitative estimate of drug-likeness (QED) is 0.683. The van der Waals surface area contributed by atoms with E-state index >= 15 is 0 Å². The molecule has 2 saturated heterocycles. The van der Waals surface area contributed by atoms with Crippen LogP contribution in [-0.4, -0.2) is 50.6 Å². The molecule has 0 bridgehead atoms. The molecular formula is C21H24N6O2S. The van der Waals surface area contributed by atoms with Crippen LogP contribution in [0.2, 0.25) is 0 Å². The number of rotatable bonds is 6. The number of hydrogen-bond acceptors (Lipinski definition) is 8. The summed E-state index contributed by atoms with van der Waals surface area (Å²) in [5.41, 5.74) is 2.78. The monoisotopic (exact) mass is 424 g/mol. The van der Waals surface area contributed by atoms with E-state index in [4.69, 9.17) is 0 Å². The number of carbonyl (C=O) groups is 2. The molecule has 0 atom stereocenters. The largest absolute Gasteiger partial charge is 0.354 e. The van der Waals surface area contributed by atoms with Crippen LogP contribution in [0.25, 0.3) is 6.08 Å². The van der Waals surface area contributed by atoms with Gasteiger partial charge in [-0.1, -0.05) is 6.07 Å². The van der Waals surface area contributed by atoms with Gasteiger partial charge < -0.3 is 5.32 Å². The lowest BCUT2D eigenvalue weighted by molar-refractivity contribution is -0.115. The van der Waals surface area contributed by atoms with E-state index in [1.54, 1.807) is 18.3 Å². The van der Waals surface area contributed by atoms with E-state index in [0.29, 0.717) is 22.5 Å². The van der Waals surface area contributed by atoms with Gasteiger partial charge in [0.05, 0.1) is 16.3 Å². The maximum absolute atomic E-state index is 11.7. The van der Waals surface area contributed by atoms with Crippen LogP contribution in [0.1, 0.15) is 29.9 Å². The van der Waals surface area contributed by atoms with Crippen LogP contribution in [0.5, 0.6) is 0 Å². The smallest absolute Gasteiger partial charge is 0.290 e.